The molecule has 1 aromatic carbocycles. The van der Waals surface area contributed by atoms with Gasteiger partial charge in [-0.3, -0.25) is 0 Å². The van der Waals surface area contributed by atoms with Crippen LogP contribution in [0.25, 0.3) is 0 Å². The Morgan fingerprint density at radius 1 is 1.10 bits per heavy atom. The number of rotatable bonds is 3. The third-order valence-electron chi connectivity index (χ3n) is 2.81. The standard InChI is InChI=1S/C15H21NO4/c1-10-6-8-11(9-7-10)15(5,12(17)18)16-13(19)20-14(2,3)4/h6-9H,1-5H3,(H,16,19)(H,17,18)/t15-/m1/s1. The zero-order valence-electron chi connectivity index (χ0n) is 12.5. The average Bonchev–Trinajstić information content (AvgIpc) is 2.26. The minimum Gasteiger partial charge on any atom is -0.479 e. The van der Waals surface area contributed by atoms with E-state index in [2.05, 4.69) is 5.32 Å². The first-order valence-corrected chi connectivity index (χ1v) is 6.36. The van der Waals surface area contributed by atoms with E-state index in [1.165, 1.54) is 6.92 Å². The van der Waals surface area contributed by atoms with Gasteiger partial charge in [-0.2, -0.15) is 0 Å². The van der Waals surface area contributed by atoms with Gasteiger partial charge in [-0.05, 0) is 40.2 Å². The maximum Gasteiger partial charge on any atom is 0.408 e. The Hall–Kier alpha value is -2.04. The van der Waals surface area contributed by atoms with Crippen molar-refractivity contribution in [2.75, 3.05) is 0 Å². The highest BCUT2D eigenvalue weighted by atomic mass is 16.6. The fourth-order valence-corrected chi connectivity index (χ4v) is 1.64. The fraction of sp³-hybridized carbons (Fsp3) is 0.467. The first kappa shape index (κ1) is 16.0. The van der Waals surface area contributed by atoms with E-state index in [-0.39, 0.29) is 0 Å². The first-order valence-electron chi connectivity index (χ1n) is 6.36. The van der Waals surface area contributed by atoms with Gasteiger partial charge >= 0.3 is 12.1 Å². The van der Waals surface area contributed by atoms with Crippen molar-refractivity contribution < 1.29 is 19.4 Å². The molecule has 0 saturated carbocycles. The van der Waals surface area contributed by atoms with Gasteiger partial charge in [0.2, 0.25) is 0 Å². The molecule has 1 amide bonds. The molecule has 1 rings (SSSR count). The van der Waals surface area contributed by atoms with E-state index in [0.29, 0.717) is 5.56 Å². The number of alkyl carbamates (subject to hydrolysis) is 1. The quantitative estimate of drug-likeness (QED) is 0.892. The molecule has 0 bridgehead atoms. The van der Waals surface area contributed by atoms with E-state index in [0.717, 1.165) is 5.56 Å². The lowest BCUT2D eigenvalue weighted by atomic mass is 9.91. The SMILES string of the molecule is Cc1ccc([C@@](C)(NC(=O)OC(C)(C)C)C(=O)O)cc1. The maximum atomic E-state index is 11.8. The number of aliphatic carboxylic acids is 1. The van der Waals surface area contributed by atoms with E-state index in [1.807, 2.05) is 6.92 Å². The third-order valence-corrected chi connectivity index (χ3v) is 2.81. The van der Waals surface area contributed by atoms with Crippen LogP contribution in [0.5, 0.6) is 0 Å². The molecule has 0 aliphatic carbocycles. The number of hydrogen-bond acceptors (Lipinski definition) is 3. The molecule has 110 valence electrons. The molecule has 5 nitrogen and oxygen atoms in total. The van der Waals surface area contributed by atoms with Crippen LogP contribution in [-0.4, -0.2) is 22.8 Å². The second-order valence-corrected chi connectivity index (χ2v) is 5.92. The second kappa shape index (κ2) is 5.53. The first-order chi connectivity index (χ1) is 9.04. The summed E-state index contributed by atoms with van der Waals surface area (Å²) >= 11 is 0. The lowest BCUT2D eigenvalue weighted by molar-refractivity contribution is -0.144. The molecular formula is C15H21NO4. The Bertz CT molecular complexity index is 502. The number of carboxylic acids is 1. The number of ether oxygens (including phenoxy) is 1. The van der Waals surface area contributed by atoms with E-state index in [1.54, 1.807) is 45.0 Å². The van der Waals surface area contributed by atoms with Crippen molar-refractivity contribution in [1.29, 1.82) is 0 Å². The lowest BCUT2D eigenvalue weighted by Crippen LogP contribution is -2.51. The highest BCUT2D eigenvalue weighted by Crippen LogP contribution is 2.22. The number of nitrogens with one attached hydrogen (secondary N) is 1. The van der Waals surface area contributed by atoms with Crippen molar-refractivity contribution in [2.24, 2.45) is 0 Å². The Balaban J connectivity index is 3.01. The molecule has 0 spiro atoms. The van der Waals surface area contributed by atoms with Gasteiger partial charge in [-0.1, -0.05) is 29.8 Å². The summed E-state index contributed by atoms with van der Waals surface area (Å²) < 4.78 is 5.12. The minimum absolute atomic E-state index is 0.487. The summed E-state index contributed by atoms with van der Waals surface area (Å²) in [6, 6.07) is 6.96. The minimum atomic E-state index is -1.53. The molecule has 5 heteroatoms. The van der Waals surface area contributed by atoms with Gasteiger partial charge in [0.05, 0.1) is 0 Å². The topological polar surface area (TPSA) is 75.6 Å². The van der Waals surface area contributed by atoms with Crippen LogP contribution in [0.4, 0.5) is 4.79 Å². The molecule has 2 N–H and O–H groups in total. The Morgan fingerprint density at radius 3 is 2.00 bits per heavy atom. The predicted molar refractivity (Wildman–Crippen MR) is 75.5 cm³/mol. The van der Waals surface area contributed by atoms with Gasteiger partial charge in [-0.25, -0.2) is 9.59 Å². The second-order valence-electron chi connectivity index (χ2n) is 5.92. The summed E-state index contributed by atoms with van der Waals surface area (Å²) in [6.45, 7) is 8.50. The number of carboxylic acid groups (broad SMARTS) is 1. The van der Waals surface area contributed by atoms with Gasteiger partial charge in [0.1, 0.15) is 5.60 Å². The molecule has 1 aromatic rings. The summed E-state index contributed by atoms with van der Waals surface area (Å²) in [5.74, 6) is -1.15. The zero-order valence-corrected chi connectivity index (χ0v) is 12.5. The van der Waals surface area contributed by atoms with E-state index >= 15 is 0 Å². The summed E-state index contributed by atoms with van der Waals surface area (Å²) in [5, 5.41) is 11.9. The molecule has 0 fully saturated rings. The number of carbonyl (C=O) groups is 2. The third kappa shape index (κ3) is 3.98. The van der Waals surface area contributed by atoms with Crippen LogP contribution in [0.3, 0.4) is 0 Å². The maximum absolute atomic E-state index is 11.8. The Kier molecular flexibility index (Phi) is 4.43. The van der Waals surface area contributed by atoms with Crippen molar-refractivity contribution in [2.45, 2.75) is 45.8 Å². The van der Waals surface area contributed by atoms with E-state index in [4.69, 9.17) is 4.74 Å². The van der Waals surface area contributed by atoms with Crippen molar-refractivity contribution in [3.63, 3.8) is 0 Å². The number of hydrogen-bond donors (Lipinski definition) is 2. The molecule has 0 heterocycles. The van der Waals surface area contributed by atoms with Crippen molar-refractivity contribution in [1.82, 2.24) is 5.32 Å². The predicted octanol–water partition coefficient (Wildman–Crippen LogP) is 2.82. The van der Waals surface area contributed by atoms with Gasteiger partial charge in [0.15, 0.2) is 5.54 Å². The average molecular weight is 279 g/mol. The number of benzene rings is 1. The van der Waals surface area contributed by atoms with Crippen LogP contribution < -0.4 is 5.32 Å². The number of carbonyl (C=O) groups excluding carboxylic acids is 1. The summed E-state index contributed by atoms with van der Waals surface area (Å²) in [4.78, 5) is 23.4. The monoisotopic (exact) mass is 279 g/mol. The Labute approximate surface area is 118 Å². The van der Waals surface area contributed by atoms with Crippen LogP contribution >= 0.6 is 0 Å². The van der Waals surface area contributed by atoms with Crippen LogP contribution in [0.2, 0.25) is 0 Å². The smallest absolute Gasteiger partial charge is 0.408 e. The molecule has 1 atom stereocenters. The highest BCUT2D eigenvalue weighted by Gasteiger charge is 2.38. The molecule has 0 radical (unpaired) electrons. The van der Waals surface area contributed by atoms with Crippen molar-refractivity contribution in [3.05, 3.63) is 35.4 Å². The largest absolute Gasteiger partial charge is 0.479 e. The van der Waals surface area contributed by atoms with Crippen molar-refractivity contribution >= 4 is 12.1 Å². The Morgan fingerprint density at radius 2 is 1.60 bits per heavy atom. The molecule has 0 aliphatic heterocycles. The molecular weight excluding hydrogens is 258 g/mol. The molecule has 0 saturated heterocycles. The van der Waals surface area contributed by atoms with Crippen molar-refractivity contribution in [3.8, 4) is 0 Å². The fourth-order valence-electron chi connectivity index (χ4n) is 1.64. The van der Waals surface area contributed by atoms with Crippen LogP contribution in [-0.2, 0) is 15.1 Å². The number of amides is 1. The van der Waals surface area contributed by atoms with Crippen LogP contribution in [0.1, 0.15) is 38.8 Å². The van der Waals surface area contributed by atoms with E-state index in [9.17, 15) is 14.7 Å². The van der Waals surface area contributed by atoms with Gasteiger partial charge in [0, 0.05) is 0 Å². The highest BCUT2D eigenvalue weighted by molar-refractivity contribution is 5.85. The summed E-state index contributed by atoms with van der Waals surface area (Å²) in [6.07, 6.45) is -0.761. The normalized spacial score (nSPS) is 14.2. The molecule has 0 aliphatic rings. The van der Waals surface area contributed by atoms with Gasteiger partial charge in [0.25, 0.3) is 0 Å². The lowest BCUT2D eigenvalue weighted by Gasteiger charge is -2.29. The van der Waals surface area contributed by atoms with Crippen LogP contribution in [0, 0.1) is 6.92 Å². The molecule has 0 aromatic heterocycles. The summed E-state index contributed by atoms with van der Waals surface area (Å²) in [5.41, 5.74) is -0.715. The zero-order chi connectivity index (χ0) is 15.6. The van der Waals surface area contributed by atoms with Gasteiger partial charge < -0.3 is 15.2 Å². The molecule has 20 heavy (non-hydrogen) atoms. The summed E-state index contributed by atoms with van der Waals surface area (Å²) in [7, 11) is 0. The molecule has 0 unspecified atom stereocenters. The van der Waals surface area contributed by atoms with Gasteiger partial charge in [-0.15, -0.1) is 0 Å². The van der Waals surface area contributed by atoms with Crippen LogP contribution in [0.15, 0.2) is 24.3 Å². The van der Waals surface area contributed by atoms with E-state index < -0.39 is 23.2 Å². The number of aryl methyl sites for hydroxylation is 1.